The molecule has 82 valence electrons. The van der Waals surface area contributed by atoms with E-state index in [0.717, 1.165) is 17.5 Å². The van der Waals surface area contributed by atoms with Gasteiger partial charge in [0.2, 0.25) is 0 Å². The first-order chi connectivity index (χ1) is 7.40. The zero-order valence-electron chi connectivity index (χ0n) is 9.02. The summed E-state index contributed by atoms with van der Waals surface area (Å²) in [4.78, 5) is 8.12. The van der Waals surface area contributed by atoms with Gasteiger partial charge in [0.15, 0.2) is 0 Å². The third-order valence-electron chi connectivity index (χ3n) is 2.94. The standard InChI is InChI=1S/C11H17N3S/c1-15-11-4-2-3-10(11)13-7-9-5-6-12-8-14-9/h5-6,8,10-11,13H,2-4,7H2,1H3. The van der Waals surface area contributed by atoms with Gasteiger partial charge in [0.05, 0.1) is 5.69 Å². The van der Waals surface area contributed by atoms with Crippen LogP contribution < -0.4 is 5.32 Å². The molecule has 1 saturated carbocycles. The highest BCUT2D eigenvalue weighted by molar-refractivity contribution is 7.99. The molecule has 0 bridgehead atoms. The number of thioether (sulfide) groups is 1. The van der Waals surface area contributed by atoms with Crippen LogP contribution in [0.25, 0.3) is 0 Å². The molecule has 1 aromatic heterocycles. The second-order valence-corrected chi connectivity index (χ2v) is 4.97. The summed E-state index contributed by atoms with van der Waals surface area (Å²) >= 11 is 1.98. The van der Waals surface area contributed by atoms with Crippen LogP contribution in [0.4, 0.5) is 0 Å². The second-order valence-electron chi connectivity index (χ2n) is 3.89. The molecule has 0 aromatic carbocycles. The molecule has 2 atom stereocenters. The van der Waals surface area contributed by atoms with Crippen LogP contribution in [-0.4, -0.2) is 27.5 Å². The molecule has 0 amide bonds. The molecule has 1 aliphatic carbocycles. The molecule has 1 N–H and O–H groups in total. The van der Waals surface area contributed by atoms with Crippen molar-refractivity contribution in [1.82, 2.24) is 15.3 Å². The Hall–Kier alpha value is -0.610. The van der Waals surface area contributed by atoms with Crippen molar-refractivity contribution in [2.24, 2.45) is 0 Å². The third-order valence-corrected chi connectivity index (χ3v) is 4.11. The van der Waals surface area contributed by atoms with Crippen molar-refractivity contribution in [2.75, 3.05) is 6.26 Å². The molecule has 0 saturated heterocycles. The average molecular weight is 223 g/mol. The van der Waals surface area contributed by atoms with Crippen LogP contribution in [-0.2, 0) is 6.54 Å². The molecule has 2 rings (SSSR count). The summed E-state index contributed by atoms with van der Waals surface area (Å²) in [6.45, 7) is 0.865. The van der Waals surface area contributed by atoms with E-state index in [1.165, 1.54) is 19.3 Å². The number of rotatable bonds is 4. The summed E-state index contributed by atoms with van der Waals surface area (Å²) in [5.74, 6) is 0. The normalized spacial score (nSPS) is 25.7. The number of hydrogen-bond donors (Lipinski definition) is 1. The lowest BCUT2D eigenvalue weighted by molar-refractivity contribution is 0.527. The van der Waals surface area contributed by atoms with Crippen molar-refractivity contribution in [3.05, 3.63) is 24.3 Å². The van der Waals surface area contributed by atoms with Crippen LogP contribution >= 0.6 is 11.8 Å². The van der Waals surface area contributed by atoms with E-state index >= 15 is 0 Å². The lowest BCUT2D eigenvalue weighted by atomic mass is 10.2. The minimum atomic E-state index is 0.662. The van der Waals surface area contributed by atoms with Crippen LogP contribution in [0.3, 0.4) is 0 Å². The smallest absolute Gasteiger partial charge is 0.115 e. The highest BCUT2D eigenvalue weighted by atomic mass is 32.2. The van der Waals surface area contributed by atoms with Gasteiger partial charge in [-0.25, -0.2) is 9.97 Å². The molecular weight excluding hydrogens is 206 g/mol. The minimum absolute atomic E-state index is 0.662. The zero-order valence-corrected chi connectivity index (χ0v) is 9.83. The lowest BCUT2D eigenvalue weighted by Gasteiger charge is -2.18. The molecule has 0 spiro atoms. The molecule has 1 heterocycles. The molecule has 0 radical (unpaired) electrons. The SMILES string of the molecule is CSC1CCCC1NCc1ccncn1. The number of nitrogens with zero attached hydrogens (tertiary/aromatic N) is 2. The van der Waals surface area contributed by atoms with E-state index in [9.17, 15) is 0 Å². The van der Waals surface area contributed by atoms with Gasteiger partial charge in [-0.1, -0.05) is 6.42 Å². The number of nitrogens with one attached hydrogen (secondary N) is 1. The molecule has 1 aliphatic rings. The summed E-state index contributed by atoms with van der Waals surface area (Å²) in [6.07, 6.45) is 9.62. The van der Waals surface area contributed by atoms with Crippen molar-refractivity contribution in [3.8, 4) is 0 Å². The van der Waals surface area contributed by atoms with Crippen LogP contribution in [0.2, 0.25) is 0 Å². The Bertz CT molecular complexity index is 291. The van der Waals surface area contributed by atoms with E-state index in [-0.39, 0.29) is 0 Å². The topological polar surface area (TPSA) is 37.8 Å². The summed E-state index contributed by atoms with van der Waals surface area (Å²) < 4.78 is 0. The van der Waals surface area contributed by atoms with Gasteiger partial charge in [0.25, 0.3) is 0 Å². The predicted octanol–water partition coefficient (Wildman–Crippen LogP) is 1.85. The fourth-order valence-electron chi connectivity index (χ4n) is 2.10. The van der Waals surface area contributed by atoms with Gasteiger partial charge in [-0.2, -0.15) is 11.8 Å². The third kappa shape index (κ3) is 2.92. The van der Waals surface area contributed by atoms with Gasteiger partial charge < -0.3 is 5.32 Å². The average Bonchev–Trinajstić information content (AvgIpc) is 2.75. The molecule has 1 fully saturated rings. The van der Waals surface area contributed by atoms with Gasteiger partial charge in [-0.3, -0.25) is 0 Å². The molecule has 15 heavy (non-hydrogen) atoms. The Morgan fingerprint density at radius 2 is 2.47 bits per heavy atom. The van der Waals surface area contributed by atoms with E-state index in [4.69, 9.17) is 0 Å². The Balaban J connectivity index is 1.83. The van der Waals surface area contributed by atoms with Crippen LogP contribution in [0.1, 0.15) is 25.0 Å². The Morgan fingerprint density at radius 1 is 1.53 bits per heavy atom. The van der Waals surface area contributed by atoms with Gasteiger partial charge in [-0.05, 0) is 25.2 Å². The van der Waals surface area contributed by atoms with Crippen molar-refractivity contribution in [2.45, 2.75) is 37.1 Å². The molecular formula is C11H17N3S. The summed E-state index contributed by atoms with van der Waals surface area (Å²) in [6, 6.07) is 2.63. The minimum Gasteiger partial charge on any atom is -0.307 e. The lowest BCUT2D eigenvalue weighted by Crippen LogP contribution is -2.33. The van der Waals surface area contributed by atoms with Gasteiger partial charge in [-0.15, -0.1) is 0 Å². The summed E-state index contributed by atoms with van der Waals surface area (Å²) in [7, 11) is 0. The molecule has 2 unspecified atom stereocenters. The first-order valence-corrected chi connectivity index (χ1v) is 6.70. The largest absolute Gasteiger partial charge is 0.307 e. The Morgan fingerprint density at radius 3 is 3.20 bits per heavy atom. The van der Waals surface area contributed by atoms with E-state index < -0.39 is 0 Å². The van der Waals surface area contributed by atoms with Crippen molar-refractivity contribution in [1.29, 1.82) is 0 Å². The number of hydrogen-bond acceptors (Lipinski definition) is 4. The fraction of sp³-hybridized carbons (Fsp3) is 0.636. The highest BCUT2D eigenvalue weighted by Gasteiger charge is 2.25. The zero-order chi connectivity index (χ0) is 10.5. The maximum Gasteiger partial charge on any atom is 0.115 e. The van der Waals surface area contributed by atoms with E-state index in [2.05, 4.69) is 21.5 Å². The monoisotopic (exact) mass is 223 g/mol. The van der Waals surface area contributed by atoms with Crippen LogP contribution in [0.15, 0.2) is 18.6 Å². The predicted molar refractivity (Wildman–Crippen MR) is 63.8 cm³/mol. The number of aromatic nitrogens is 2. The van der Waals surface area contributed by atoms with E-state index in [1.807, 2.05) is 17.8 Å². The van der Waals surface area contributed by atoms with Gasteiger partial charge >= 0.3 is 0 Å². The first kappa shape index (κ1) is 10.9. The summed E-state index contributed by atoms with van der Waals surface area (Å²) in [5, 5.41) is 4.37. The fourth-order valence-corrected chi connectivity index (χ4v) is 3.06. The first-order valence-electron chi connectivity index (χ1n) is 5.41. The van der Waals surface area contributed by atoms with E-state index in [1.54, 1.807) is 12.5 Å². The van der Waals surface area contributed by atoms with Crippen molar-refractivity contribution in [3.63, 3.8) is 0 Å². The molecule has 4 heteroatoms. The molecule has 1 aromatic rings. The van der Waals surface area contributed by atoms with Crippen LogP contribution in [0, 0.1) is 0 Å². The maximum atomic E-state index is 4.21. The Kier molecular flexibility index (Phi) is 3.97. The van der Waals surface area contributed by atoms with Gasteiger partial charge in [0, 0.05) is 24.0 Å². The molecule has 3 nitrogen and oxygen atoms in total. The maximum absolute atomic E-state index is 4.21. The van der Waals surface area contributed by atoms with Crippen molar-refractivity contribution < 1.29 is 0 Å². The second kappa shape index (κ2) is 5.47. The van der Waals surface area contributed by atoms with Crippen LogP contribution in [0.5, 0.6) is 0 Å². The molecule has 0 aliphatic heterocycles. The van der Waals surface area contributed by atoms with E-state index in [0.29, 0.717) is 6.04 Å². The van der Waals surface area contributed by atoms with Crippen molar-refractivity contribution >= 4 is 11.8 Å². The quantitative estimate of drug-likeness (QED) is 0.845. The highest BCUT2D eigenvalue weighted by Crippen LogP contribution is 2.28. The summed E-state index contributed by atoms with van der Waals surface area (Å²) in [5.41, 5.74) is 1.08. The Labute approximate surface area is 95.1 Å². The van der Waals surface area contributed by atoms with Gasteiger partial charge in [0.1, 0.15) is 6.33 Å².